The molecule has 0 saturated carbocycles. The van der Waals surface area contributed by atoms with E-state index in [2.05, 4.69) is 40.2 Å². The van der Waals surface area contributed by atoms with Crippen molar-refractivity contribution in [3.05, 3.63) is 33.6 Å². The van der Waals surface area contributed by atoms with Crippen molar-refractivity contribution >= 4 is 37.4 Å². The van der Waals surface area contributed by atoms with Crippen LogP contribution >= 0.6 is 27.3 Å². The SMILES string of the molecule is COCc1cc2c(Br)cccc2s1. The van der Waals surface area contributed by atoms with Crippen molar-refractivity contribution in [3.8, 4) is 0 Å². The number of fused-ring (bicyclic) bond motifs is 1. The lowest BCUT2D eigenvalue weighted by molar-refractivity contribution is 0.187. The van der Waals surface area contributed by atoms with Gasteiger partial charge in [-0.2, -0.15) is 0 Å². The molecule has 0 aliphatic carbocycles. The van der Waals surface area contributed by atoms with E-state index < -0.39 is 0 Å². The summed E-state index contributed by atoms with van der Waals surface area (Å²) in [6.07, 6.45) is 0. The first-order chi connectivity index (χ1) is 6.31. The molecule has 0 aliphatic rings. The molecule has 1 aromatic carbocycles. The van der Waals surface area contributed by atoms with Crippen LogP contribution in [0.4, 0.5) is 0 Å². The van der Waals surface area contributed by atoms with Crippen LogP contribution in [0.3, 0.4) is 0 Å². The summed E-state index contributed by atoms with van der Waals surface area (Å²) >= 11 is 5.31. The monoisotopic (exact) mass is 256 g/mol. The zero-order valence-electron chi connectivity index (χ0n) is 7.21. The van der Waals surface area contributed by atoms with E-state index in [1.54, 1.807) is 18.4 Å². The second-order valence-electron chi connectivity index (χ2n) is 2.80. The molecule has 0 fully saturated rings. The lowest BCUT2D eigenvalue weighted by Gasteiger charge is -1.90. The molecule has 0 N–H and O–H groups in total. The highest BCUT2D eigenvalue weighted by molar-refractivity contribution is 9.10. The smallest absolute Gasteiger partial charge is 0.0806 e. The van der Waals surface area contributed by atoms with Gasteiger partial charge in [0.25, 0.3) is 0 Å². The van der Waals surface area contributed by atoms with E-state index in [4.69, 9.17) is 4.74 Å². The molecule has 0 atom stereocenters. The Morgan fingerprint density at radius 3 is 3.00 bits per heavy atom. The Balaban J connectivity index is 2.55. The van der Waals surface area contributed by atoms with Crippen LogP contribution in [0, 0.1) is 0 Å². The number of rotatable bonds is 2. The van der Waals surface area contributed by atoms with E-state index in [9.17, 15) is 0 Å². The van der Waals surface area contributed by atoms with Gasteiger partial charge >= 0.3 is 0 Å². The van der Waals surface area contributed by atoms with E-state index in [1.165, 1.54) is 15.0 Å². The standard InChI is InChI=1S/C10H9BrOS/c1-12-6-7-5-8-9(11)3-2-4-10(8)13-7/h2-5H,6H2,1H3. The second-order valence-corrected chi connectivity index (χ2v) is 4.82. The molecular formula is C10H9BrOS. The van der Waals surface area contributed by atoms with Crippen molar-refractivity contribution in [2.45, 2.75) is 6.61 Å². The third kappa shape index (κ3) is 1.77. The van der Waals surface area contributed by atoms with E-state index in [1.807, 2.05) is 0 Å². The first-order valence-corrected chi connectivity index (χ1v) is 5.58. The second kappa shape index (κ2) is 3.78. The molecule has 0 radical (unpaired) electrons. The normalized spacial score (nSPS) is 10.9. The predicted octanol–water partition coefficient (Wildman–Crippen LogP) is 3.81. The highest BCUT2D eigenvalue weighted by Crippen LogP contribution is 2.31. The van der Waals surface area contributed by atoms with Gasteiger partial charge in [0.2, 0.25) is 0 Å². The fourth-order valence-corrected chi connectivity index (χ4v) is 2.96. The highest BCUT2D eigenvalue weighted by Gasteiger charge is 2.03. The van der Waals surface area contributed by atoms with Crippen molar-refractivity contribution in [1.82, 2.24) is 0 Å². The van der Waals surface area contributed by atoms with E-state index in [-0.39, 0.29) is 0 Å². The minimum absolute atomic E-state index is 0.700. The van der Waals surface area contributed by atoms with E-state index in [0.29, 0.717) is 6.61 Å². The van der Waals surface area contributed by atoms with Gasteiger partial charge in [0.1, 0.15) is 0 Å². The Bertz CT molecular complexity index is 422. The van der Waals surface area contributed by atoms with Crippen molar-refractivity contribution < 1.29 is 4.74 Å². The van der Waals surface area contributed by atoms with Crippen molar-refractivity contribution in [2.24, 2.45) is 0 Å². The number of hydrogen-bond acceptors (Lipinski definition) is 2. The van der Waals surface area contributed by atoms with Crippen molar-refractivity contribution in [1.29, 1.82) is 0 Å². The summed E-state index contributed by atoms with van der Waals surface area (Å²) in [7, 11) is 1.72. The van der Waals surface area contributed by atoms with Gasteiger partial charge in [0, 0.05) is 26.5 Å². The number of methoxy groups -OCH3 is 1. The third-order valence-corrected chi connectivity index (χ3v) is 3.61. The van der Waals surface area contributed by atoms with Crippen LogP contribution in [0.5, 0.6) is 0 Å². The molecular weight excluding hydrogens is 248 g/mol. The van der Waals surface area contributed by atoms with Gasteiger partial charge in [-0.3, -0.25) is 0 Å². The summed E-state index contributed by atoms with van der Waals surface area (Å²) in [5.74, 6) is 0. The molecule has 0 aliphatic heterocycles. The van der Waals surface area contributed by atoms with Gasteiger partial charge in [-0.15, -0.1) is 11.3 Å². The molecule has 68 valence electrons. The summed E-state index contributed by atoms with van der Waals surface area (Å²) in [5.41, 5.74) is 0. The van der Waals surface area contributed by atoms with Crippen LogP contribution in [0.25, 0.3) is 10.1 Å². The van der Waals surface area contributed by atoms with Gasteiger partial charge in [-0.1, -0.05) is 22.0 Å². The molecule has 0 unspecified atom stereocenters. The molecule has 1 aromatic heterocycles. The maximum Gasteiger partial charge on any atom is 0.0806 e. The molecule has 1 nitrogen and oxygen atoms in total. The third-order valence-electron chi connectivity index (χ3n) is 1.85. The lowest BCUT2D eigenvalue weighted by atomic mass is 10.2. The van der Waals surface area contributed by atoms with Crippen LogP contribution in [-0.4, -0.2) is 7.11 Å². The fraction of sp³-hybridized carbons (Fsp3) is 0.200. The number of benzene rings is 1. The van der Waals surface area contributed by atoms with Crippen LogP contribution in [0.15, 0.2) is 28.7 Å². The summed E-state index contributed by atoms with van der Waals surface area (Å²) < 4.78 is 7.56. The Morgan fingerprint density at radius 2 is 2.31 bits per heavy atom. The minimum atomic E-state index is 0.700. The lowest BCUT2D eigenvalue weighted by Crippen LogP contribution is -1.79. The quantitative estimate of drug-likeness (QED) is 0.794. The molecule has 0 amide bonds. The average Bonchev–Trinajstić information content (AvgIpc) is 2.49. The first-order valence-electron chi connectivity index (χ1n) is 3.97. The molecule has 2 rings (SSSR count). The summed E-state index contributed by atoms with van der Waals surface area (Å²) in [6, 6.07) is 8.42. The van der Waals surface area contributed by atoms with E-state index in [0.717, 1.165) is 4.47 Å². The fourth-order valence-electron chi connectivity index (χ4n) is 1.29. The molecule has 3 heteroatoms. The topological polar surface area (TPSA) is 9.23 Å². The Morgan fingerprint density at radius 1 is 1.46 bits per heavy atom. The number of ether oxygens (including phenoxy) is 1. The van der Waals surface area contributed by atoms with Gasteiger partial charge in [-0.25, -0.2) is 0 Å². The number of halogens is 1. The van der Waals surface area contributed by atoms with Crippen LogP contribution in [0.2, 0.25) is 0 Å². The molecule has 0 saturated heterocycles. The molecule has 2 aromatic rings. The largest absolute Gasteiger partial charge is 0.379 e. The number of hydrogen-bond donors (Lipinski definition) is 0. The highest BCUT2D eigenvalue weighted by atomic mass is 79.9. The maximum absolute atomic E-state index is 5.09. The van der Waals surface area contributed by atoms with Crippen LogP contribution in [-0.2, 0) is 11.3 Å². The molecule has 0 bridgehead atoms. The van der Waals surface area contributed by atoms with Gasteiger partial charge in [0.15, 0.2) is 0 Å². The predicted molar refractivity (Wildman–Crippen MR) is 60.2 cm³/mol. The summed E-state index contributed by atoms with van der Waals surface area (Å²) in [6.45, 7) is 0.700. The summed E-state index contributed by atoms with van der Waals surface area (Å²) in [5, 5.41) is 1.28. The van der Waals surface area contributed by atoms with Crippen molar-refractivity contribution in [2.75, 3.05) is 7.11 Å². The van der Waals surface area contributed by atoms with Crippen LogP contribution in [0.1, 0.15) is 4.88 Å². The van der Waals surface area contributed by atoms with E-state index >= 15 is 0 Å². The van der Waals surface area contributed by atoms with Crippen molar-refractivity contribution in [3.63, 3.8) is 0 Å². The summed E-state index contributed by atoms with van der Waals surface area (Å²) in [4.78, 5) is 1.27. The molecule has 0 spiro atoms. The Labute approximate surface area is 89.5 Å². The van der Waals surface area contributed by atoms with Gasteiger partial charge in [-0.05, 0) is 18.2 Å². The van der Waals surface area contributed by atoms with Crippen LogP contribution < -0.4 is 0 Å². The first kappa shape index (κ1) is 9.19. The minimum Gasteiger partial charge on any atom is -0.379 e. The maximum atomic E-state index is 5.09. The average molecular weight is 257 g/mol. The molecule has 1 heterocycles. The Hall–Kier alpha value is -0.380. The molecule has 13 heavy (non-hydrogen) atoms. The van der Waals surface area contributed by atoms with Gasteiger partial charge in [0.05, 0.1) is 6.61 Å². The van der Waals surface area contributed by atoms with Gasteiger partial charge < -0.3 is 4.74 Å². The zero-order chi connectivity index (χ0) is 9.26. The number of thiophene rings is 1. The Kier molecular flexibility index (Phi) is 2.67. The zero-order valence-corrected chi connectivity index (χ0v) is 9.61.